The van der Waals surface area contributed by atoms with Gasteiger partial charge in [-0.2, -0.15) is 0 Å². The second-order valence-electron chi connectivity index (χ2n) is 3.97. The molecule has 4 N–H and O–H groups in total. The van der Waals surface area contributed by atoms with Crippen LogP contribution in [0.2, 0.25) is 0 Å². The summed E-state index contributed by atoms with van der Waals surface area (Å²) < 4.78 is 12.8. The topological polar surface area (TPSA) is 52.0 Å². The van der Waals surface area contributed by atoms with Crippen molar-refractivity contribution in [3.63, 3.8) is 0 Å². The Balaban J connectivity index is 2.23. The third kappa shape index (κ3) is 2.70. The van der Waals surface area contributed by atoms with E-state index in [-0.39, 0.29) is 11.9 Å². The molecule has 0 fully saturated rings. The number of halogens is 1. The zero-order valence-corrected chi connectivity index (χ0v) is 9.44. The fourth-order valence-electron chi connectivity index (χ4n) is 1.72. The van der Waals surface area contributed by atoms with E-state index in [0.29, 0.717) is 6.54 Å². The van der Waals surface area contributed by atoms with Crippen molar-refractivity contribution in [1.29, 1.82) is 0 Å². The number of hydrogen-bond acceptors (Lipinski definition) is 2. The van der Waals surface area contributed by atoms with Gasteiger partial charge >= 0.3 is 0 Å². The molecule has 0 aliphatic carbocycles. The first-order valence-electron chi connectivity index (χ1n) is 5.50. The summed E-state index contributed by atoms with van der Waals surface area (Å²) >= 11 is 0. The molecule has 0 spiro atoms. The molecule has 0 aliphatic heterocycles. The molecule has 17 heavy (non-hydrogen) atoms. The van der Waals surface area contributed by atoms with Gasteiger partial charge in [0.15, 0.2) is 0 Å². The highest BCUT2D eigenvalue weighted by molar-refractivity contribution is 5.33. The molecule has 2 rings (SSSR count). The van der Waals surface area contributed by atoms with E-state index < -0.39 is 0 Å². The van der Waals surface area contributed by atoms with Gasteiger partial charge in [-0.15, -0.1) is 0 Å². The standard InChI is InChI=1S/C14H15FN2/c15-13-7-5-12(6-8-13)14(17)11-3-1-10(9-16)2-4-11/h1-8,14H,9,16-17H2. The summed E-state index contributed by atoms with van der Waals surface area (Å²) in [7, 11) is 0. The molecular weight excluding hydrogens is 215 g/mol. The average molecular weight is 230 g/mol. The van der Waals surface area contributed by atoms with Crippen LogP contribution in [0.25, 0.3) is 0 Å². The molecule has 1 atom stereocenters. The summed E-state index contributed by atoms with van der Waals surface area (Å²) in [6.07, 6.45) is 0. The first-order chi connectivity index (χ1) is 8.20. The normalized spacial score (nSPS) is 12.4. The van der Waals surface area contributed by atoms with Crippen molar-refractivity contribution in [2.45, 2.75) is 12.6 Å². The third-order valence-corrected chi connectivity index (χ3v) is 2.80. The van der Waals surface area contributed by atoms with E-state index in [0.717, 1.165) is 16.7 Å². The van der Waals surface area contributed by atoms with Crippen LogP contribution in [0, 0.1) is 5.82 Å². The highest BCUT2D eigenvalue weighted by atomic mass is 19.1. The van der Waals surface area contributed by atoms with E-state index in [1.54, 1.807) is 12.1 Å². The van der Waals surface area contributed by atoms with Gasteiger partial charge in [0, 0.05) is 6.54 Å². The fraction of sp³-hybridized carbons (Fsp3) is 0.143. The van der Waals surface area contributed by atoms with E-state index in [2.05, 4.69) is 0 Å². The molecule has 3 heteroatoms. The summed E-state index contributed by atoms with van der Waals surface area (Å²) in [5.74, 6) is -0.251. The Morgan fingerprint density at radius 1 is 0.882 bits per heavy atom. The molecule has 0 heterocycles. The van der Waals surface area contributed by atoms with Gasteiger partial charge in [0.1, 0.15) is 5.82 Å². The van der Waals surface area contributed by atoms with E-state index in [4.69, 9.17) is 11.5 Å². The Labute approximate surface area is 100 Å². The van der Waals surface area contributed by atoms with Gasteiger partial charge in [0.2, 0.25) is 0 Å². The Kier molecular flexibility index (Phi) is 3.52. The van der Waals surface area contributed by atoms with Crippen LogP contribution < -0.4 is 11.5 Å². The van der Waals surface area contributed by atoms with Crippen LogP contribution in [-0.2, 0) is 6.54 Å². The number of rotatable bonds is 3. The third-order valence-electron chi connectivity index (χ3n) is 2.80. The molecule has 2 nitrogen and oxygen atoms in total. The first-order valence-corrected chi connectivity index (χ1v) is 5.50. The lowest BCUT2D eigenvalue weighted by molar-refractivity contribution is 0.626. The summed E-state index contributed by atoms with van der Waals surface area (Å²) in [6, 6.07) is 13.8. The molecule has 0 saturated heterocycles. The van der Waals surface area contributed by atoms with Gasteiger partial charge < -0.3 is 11.5 Å². The summed E-state index contributed by atoms with van der Waals surface area (Å²) in [4.78, 5) is 0. The quantitative estimate of drug-likeness (QED) is 0.850. The Bertz CT molecular complexity index is 477. The van der Waals surface area contributed by atoms with E-state index in [9.17, 15) is 4.39 Å². The average Bonchev–Trinajstić information content (AvgIpc) is 2.39. The van der Waals surface area contributed by atoms with Gasteiger partial charge in [0.05, 0.1) is 6.04 Å². The predicted octanol–water partition coefficient (Wildman–Crippen LogP) is 2.33. The lowest BCUT2D eigenvalue weighted by Gasteiger charge is -2.13. The lowest BCUT2D eigenvalue weighted by atomic mass is 9.98. The molecule has 0 aliphatic rings. The molecule has 0 aromatic heterocycles. The van der Waals surface area contributed by atoms with Gasteiger partial charge in [-0.05, 0) is 28.8 Å². The van der Waals surface area contributed by atoms with Crippen molar-refractivity contribution < 1.29 is 4.39 Å². The fourth-order valence-corrected chi connectivity index (χ4v) is 1.72. The maximum absolute atomic E-state index is 12.8. The van der Waals surface area contributed by atoms with Crippen molar-refractivity contribution in [3.8, 4) is 0 Å². The van der Waals surface area contributed by atoms with Crippen molar-refractivity contribution >= 4 is 0 Å². The SMILES string of the molecule is NCc1ccc(C(N)c2ccc(F)cc2)cc1. The number of benzene rings is 2. The minimum absolute atomic E-state index is 0.234. The smallest absolute Gasteiger partial charge is 0.123 e. The van der Waals surface area contributed by atoms with Crippen molar-refractivity contribution in [3.05, 3.63) is 71.0 Å². The van der Waals surface area contributed by atoms with Gasteiger partial charge in [-0.25, -0.2) is 4.39 Å². The number of hydrogen-bond donors (Lipinski definition) is 2. The molecule has 1 unspecified atom stereocenters. The van der Waals surface area contributed by atoms with E-state index in [1.165, 1.54) is 12.1 Å². The van der Waals surface area contributed by atoms with Crippen molar-refractivity contribution in [1.82, 2.24) is 0 Å². The minimum atomic E-state index is -0.251. The van der Waals surface area contributed by atoms with E-state index >= 15 is 0 Å². The van der Waals surface area contributed by atoms with Crippen molar-refractivity contribution in [2.24, 2.45) is 11.5 Å². The Hall–Kier alpha value is -1.71. The van der Waals surface area contributed by atoms with Crippen LogP contribution in [0.5, 0.6) is 0 Å². The molecule has 0 bridgehead atoms. The minimum Gasteiger partial charge on any atom is -0.326 e. The molecule has 2 aromatic carbocycles. The van der Waals surface area contributed by atoms with Gasteiger partial charge in [-0.1, -0.05) is 36.4 Å². The van der Waals surface area contributed by atoms with E-state index in [1.807, 2.05) is 24.3 Å². The zero-order chi connectivity index (χ0) is 12.3. The van der Waals surface area contributed by atoms with Crippen LogP contribution in [-0.4, -0.2) is 0 Å². The van der Waals surface area contributed by atoms with Gasteiger partial charge in [0.25, 0.3) is 0 Å². The largest absolute Gasteiger partial charge is 0.326 e. The highest BCUT2D eigenvalue weighted by Gasteiger charge is 2.08. The van der Waals surface area contributed by atoms with Crippen LogP contribution in [0.4, 0.5) is 4.39 Å². The highest BCUT2D eigenvalue weighted by Crippen LogP contribution is 2.20. The summed E-state index contributed by atoms with van der Waals surface area (Å²) in [6.45, 7) is 0.520. The maximum atomic E-state index is 12.8. The lowest BCUT2D eigenvalue weighted by Crippen LogP contribution is -2.12. The summed E-state index contributed by atoms with van der Waals surface area (Å²) in [5, 5.41) is 0. The predicted molar refractivity (Wildman–Crippen MR) is 66.8 cm³/mol. The second-order valence-corrected chi connectivity index (χ2v) is 3.97. The molecule has 88 valence electrons. The Morgan fingerprint density at radius 2 is 1.35 bits per heavy atom. The second kappa shape index (κ2) is 5.08. The first kappa shape index (κ1) is 11.8. The molecule has 0 amide bonds. The van der Waals surface area contributed by atoms with Crippen molar-refractivity contribution in [2.75, 3.05) is 0 Å². The summed E-state index contributed by atoms with van der Waals surface area (Å²) in [5.41, 5.74) is 14.6. The van der Waals surface area contributed by atoms with Crippen LogP contribution in [0.15, 0.2) is 48.5 Å². The van der Waals surface area contributed by atoms with Gasteiger partial charge in [-0.3, -0.25) is 0 Å². The van der Waals surface area contributed by atoms with Crippen LogP contribution in [0.1, 0.15) is 22.7 Å². The number of nitrogens with two attached hydrogens (primary N) is 2. The Morgan fingerprint density at radius 3 is 1.82 bits per heavy atom. The molecule has 0 radical (unpaired) electrons. The monoisotopic (exact) mass is 230 g/mol. The molecular formula is C14H15FN2. The molecule has 0 saturated carbocycles. The molecule has 2 aromatic rings. The van der Waals surface area contributed by atoms with Crippen LogP contribution in [0.3, 0.4) is 0 Å². The van der Waals surface area contributed by atoms with Crippen LogP contribution >= 0.6 is 0 Å². The zero-order valence-electron chi connectivity index (χ0n) is 9.44. The maximum Gasteiger partial charge on any atom is 0.123 e.